The average Bonchev–Trinajstić information content (AvgIpc) is 3.35. The van der Waals surface area contributed by atoms with Crippen LogP contribution in [0.2, 0.25) is 0 Å². The molecule has 2 aliphatic rings. The highest BCUT2D eigenvalue weighted by molar-refractivity contribution is 5.96. The van der Waals surface area contributed by atoms with Gasteiger partial charge in [0.1, 0.15) is 5.75 Å². The van der Waals surface area contributed by atoms with Crippen LogP contribution in [0.25, 0.3) is 0 Å². The Bertz CT molecular complexity index is 1070. The van der Waals surface area contributed by atoms with Crippen LogP contribution in [0.15, 0.2) is 48.5 Å². The van der Waals surface area contributed by atoms with Crippen LogP contribution in [0.4, 0.5) is 18.9 Å². The van der Waals surface area contributed by atoms with Gasteiger partial charge in [-0.25, -0.2) is 0 Å². The minimum atomic E-state index is -4.53. The van der Waals surface area contributed by atoms with E-state index in [9.17, 15) is 22.8 Å². The van der Waals surface area contributed by atoms with Crippen LogP contribution in [0.3, 0.4) is 0 Å². The Kier molecular flexibility index (Phi) is 8.03. The molecule has 0 aliphatic carbocycles. The number of halogens is 3. The molecule has 2 saturated heterocycles. The number of anilines is 1. The number of methoxy groups -OCH3 is 1. The smallest absolute Gasteiger partial charge is 0.416 e. The Labute approximate surface area is 208 Å². The van der Waals surface area contributed by atoms with Crippen molar-refractivity contribution in [3.8, 4) is 5.75 Å². The Morgan fingerprint density at radius 3 is 2.50 bits per heavy atom. The van der Waals surface area contributed by atoms with Crippen LogP contribution >= 0.6 is 0 Å². The number of para-hydroxylation sites is 2. The van der Waals surface area contributed by atoms with Gasteiger partial charge in [-0.3, -0.25) is 14.5 Å². The molecule has 0 saturated carbocycles. The molecule has 194 valence electrons. The van der Waals surface area contributed by atoms with Crippen LogP contribution < -0.4 is 20.3 Å². The molecule has 0 radical (unpaired) electrons. The minimum absolute atomic E-state index is 0.0183. The summed E-state index contributed by atoms with van der Waals surface area (Å²) in [4.78, 5) is 29.3. The third-order valence-electron chi connectivity index (χ3n) is 6.85. The molecule has 2 N–H and O–H groups in total. The van der Waals surface area contributed by atoms with Crippen molar-refractivity contribution in [3.63, 3.8) is 0 Å². The normalized spacial score (nSPS) is 19.2. The number of amides is 2. The van der Waals surface area contributed by atoms with Crippen LogP contribution in [0.5, 0.6) is 5.75 Å². The third kappa shape index (κ3) is 6.29. The lowest BCUT2D eigenvalue weighted by Crippen LogP contribution is -2.46. The summed E-state index contributed by atoms with van der Waals surface area (Å²) >= 11 is 0. The number of likely N-dealkylation sites (tertiary alicyclic amines) is 1. The second-order valence-electron chi connectivity index (χ2n) is 9.20. The van der Waals surface area contributed by atoms with Gasteiger partial charge in [-0.05, 0) is 49.6 Å². The number of rotatable bonds is 7. The highest BCUT2D eigenvalue weighted by atomic mass is 19.4. The standard InChI is InChI=1S/C26H31F3N4O3/c1-36-23-8-3-2-7-22(23)32-13-10-21(11-14-32)33-12-9-20(17-33)31-24(34)16-30-25(35)18-5-4-6-19(15-18)26(27,28)29/h2-8,15,20-21H,9-14,16-17H2,1H3,(H,30,35)(H,31,34). The van der Waals surface area contributed by atoms with E-state index >= 15 is 0 Å². The van der Waals surface area contributed by atoms with E-state index in [2.05, 4.69) is 26.5 Å². The van der Waals surface area contributed by atoms with Crippen molar-refractivity contribution in [3.05, 3.63) is 59.7 Å². The number of alkyl halides is 3. The van der Waals surface area contributed by atoms with Crippen molar-refractivity contribution in [1.82, 2.24) is 15.5 Å². The maximum absolute atomic E-state index is 12.9. The number of nitrogens with zero attached hydrogens (tertiary/aromatic N) is 2. The highest BCUT2D eigenvalue weighted by Crippen LogP contribution is 2.32. The summed E-state index contributed by atoms with van der Waals surface area (Å²) < 4.78 is 44.1. The van der Waals surface area contributed by atoms with Gasteiger partial charge in [-0.2, -0.15) is 13.2 Å². The molecule has 36 heavy (non-hydrogen) atoms. The monoisotopic (exact) mass is 504 g/mol. The van der Waals surface area contributed by atoms with Gasteiger partial charge < -0.3 is 20.3 Å². The summed E-state index contributed by atoms with van der Waals surface area (Å²) in [7, 11) is 1.68. The molecule has 0 aromatic heterocycles. The van der Waals surface area contributed by atoms with E-state index in [1.165, 1.54) is 12.1 Å². The summed E-state index contributed by atoms with van der Waals surface area (Å²) in [5.41, 5.74) is 0.0701. The summed E-state index contributed by atoms with van der Waals surface area (Å²) in [6.45, 7) is 3.21. The van der Waals surface area contributed by atoms with Gasteiger partial charge in [0.25, 0.3) is 5.91 Å². The molecule has 1 atom stereocenters. The fourth-order valence-electron chi connectivity index (χ4n) is 4.98. The minimum Gasteiger partial charge on any atom is -0.495 e. The molecule has 2 aromatic rings. The molecule has 2 aliphatic heterocycles. The second kappa shape index (κ2) is 11.2. The van der Waals surface area contributed by atoms with Crippen LogP contribution in [-0.4, -0.2) is 68.6 Å². The van der Waals surface area contributed by atoms with Crippen molar-refractivity contribution in [1.29, 1.82) is 0 Å². The van der Waals surface area contributed by atoms with Gasteiger partial charge >= 0.3 is 6.18 Å². The first-order valence-corrected chi connectivity index (χ1v) is 12.1. The molecular formula is C26H31F3N4O3. The predicted molar refractivity (Wildman–Crippen MR) is 130 cm³/mol. The van der Waals surface area contributed by atoms with Gasteiger partial charge in [-0.15, -0.1) is 0 Å². The molecule has 4 rings (SSSR count). The first kappa shape index (κ1) is 25.8. The van der Waals surface area contributed by atoms with Gasteiger partial charge in [-0.1, -0.05) is 18.2 Å². The quantitative estimate of drug-likeness (QED) is 0.606. The first-order valence-electron chi connectivity index (χ1n) is 12.1. The Morgan fingerprint density at radius 2 is 1.78 bits per heavy atom. The largest absolute Gasteiger partial charge is 0.495 e. The van der Waals surface area contributed by atoms with E-state index in [0.29, 0.717) is 6.04 Å². The zero-order valence-electron chi connectivity index (χ0n) is 20.2. The van der Waals surface area contributed by atoms with Crippen LogP contribution in [-0.2, 0) is 11.0 Å². The Hall–Kier alpha value is -3.27. The average molecular weight is 505 g/mol. The van der Waals surface area contributed by atoms with Crippen molar-refractivity contribution in [2.24, 2.45) is 0 Å². The maximum Gasteiger partial charge on any atom is 0.416 e. The van der Waals surface area contributed by atoms with Crippen molar-refractivity contribution in [2.75, 3.05) is 44.7 Å². The lowest BCUT2D eigenvalue weighted by atomic mass is 10.0. The van der Waals surface area contributed by atoms with Gasteiger partial charge in [0.05, 0.1) is 24.9 Å². The number of hydrogen-bond donors (Lipinski definition) is 2. The zero-order valence-corrected chi connectivity index (χ0v) is 20.2. The SMILES string of the molecule is COc1ccccc1N1CCC(N2CCC(NC(=O)CNC(=O)c3cccc(C(F)(F)F)c3)C2)CC1. The number of carbonyl (C=O) groups excluding carboxylic acids is 2. The van der Waals surface area contributed by atoms with Crippen LogP contribution in [0, 0.1) is 0 Å². The number of carbonyl (C=O) groups is 2. The van der Waals surface area contributed by atoms with E-state index in [0.717, 1.165) is 69.0 Å². The number of nitrogens with one attached hydrogen (secondary N) is 2. The molecule has 7 nitrogen and oxygen atoms in total. The van der Waals surface area contributed by atoms with Gasteiger partial charge in [0.15, 0.2) is 0 Å². The fourth-order valence-corrected chi connectivity index (χ4v) is 4.98. The highest BCUT2D eigenvalue weighted by Gasteiger charge is 2.32. The Balaban J connectivity index is 1.20. The summed E-state index contributed by atoms with van der Waals surface area (Å²) in [5.74, 6) is -0.195. The molecule has 1 unspecified atom stereocenters. The predicted octanol–water partition coefficient (Wildman–Crippen LogP) is 3.30. The molecule has 2 aromatic carbocycles. The number of piperidine rings is 1. The third-order valence-corrected chi connectivity index (χ3v) is 6.85. The summed E-state index contributed by atoms with van der Waals surface area (Å²) in [6.07, 6.45) is -1.68. The van der Waals surface area contributed by atoms with E-state index in [1.807, 2.05) is 18.2 Å². The van der Waals surface area contributed by atoms with Gasteiger partial charge in [0, 0.05) is 43.8 Å². The lowest BCUT2D eigenvalue weighted by Gasteiger charge is -2.38. The molecule has 0 spiro atoms. The number of benzene rings is 2. The Morgan fingerprint density at radius 1 is 1.03 bits per heavy atom. The molecule has 2 fully saturated rings. The van der Waals surface area contributed by atoms with E-state index in [1.54, 1.807) is 7.11 Å². The number of ether oxygens (including phenoxy) is 1. The van der Waals surface area contributed by atoms with Crippen molar-refractivity contribution < 1.29 is 27.5 Å². The first-order chi connectivity index (χ1) is 17.2. The second-order valence-corrected chi connectivity index (χ2v) is 9.20. The fraction of sp³-hybridized carbons (Fsp3) is 0.462. The summed E-state index contributed by atoms with van der Waals surface area (Å²) in [5, 5.41) is 5.35. The van der Waals surface area contributed by atoms with Crippen molar-refractivity contribution in [2.45, 2.75) is 37.5 Å². The summed E-state index contributed by atoms with van der Waals surface area (Å²) in [6, 6.07) is 12.6. The molecule has 0 bridgehead atoms. The van der Waals surface area contributed by atoms with Crippen LogP contribution in [0.1, 0.15) is 35.2 Å². The van der Waals surface area contributed by atoms with E-state index in [4.69, 9.17) is 4.74 Å². The zero-order chi connectivity index (χ0) is 25.7. The van der Waals surface area contributed by atoms with E-state index < -0.39 is 17.6 Å². The number of hydrogen-bond acceptors (Lipinski definition) is 5. The lowest BCUT2D eigenvalue weighted by molar-refractivity contribution is -0.137. The molecular weight excluding hydrogens is 473 g/mol. The molecule has 10 heteroatoms. The molecule has 2 amide bonds. The maximum atomic E-state index is 12.9. The van der Waals surface area contributed by atoms with Gasteiger partial charge in [0.2, 0.25) is 5.91 Å². The molecule has 2 heterocycles. The topological polar surface area (TPSA) is 73.9 Å². The van der Waals surface area contributed by atoms with Crippen molar-refractivity contribution >= 4 is 17.5 Å². The van der Waals surface area contributed by atoms with E-state index in [-0.39, 0.29) is 24.1 Å².